The molecule has 3 aromatic rings. The van der Waals surface area contributed by atoms with E-state index in [0.717, 1.165) is 13.4 Å². The van der Waals surface area contributed by atoms with Crippen molar-refractivity contribution in [1.82, 2.24) is 0 Å². The number of quaternary nitrogens is 1. The second-order valence-electron chi connectivity index (χ2n) is 6.11. The van der Waals surface area contributed by atoms with Gasteiger partial charge in [-0.25, -0.2) is 0 Å². The summed E-state index contributed by atoms with van der Waals surface area (Å²) < 4.78 is 151. The van der Waals surface area contributed by atoms with Gasteiger partial charge in [0.05, 0.1) is 0 Å². The molecule has 3 N–H and O–H groups in total. The van der Waals surface area contributed by atoms with Crippen molar-refractivity contribution in [2.24, 2.45) is 0 Å². The number of hydrogen-bond acceptors (Lipinski definition) is 18. The molecule has 0 aromatic heterocycles. The summed E-state index contributed by atoms with van der Waals surface area (Å²) in [7, 11) is 0. The standard InChI is InChI=1S/3C6H5BrO.6ClH.H3NO.14O.6Sb/c3*7-5-1-3-6(8)4-2-5;;;;;;;1-2;;;;;;;;;;;;;;;;;;;;/h3*1-4,8H;6*1H;1H3;;;;;;;;;;;;;;;;;;;;/q;;;;;;;;;;;;;;;;8*-1;;;4*+1/p-3. The first kappa shape index (κ1) is 76.3. The fourth-order valence-electron chi connectivity index (χ4n) is 1.74. The molecule has 0 amide bonds. The van der Waals surface area contributed by atoms with Crippen molar-refractivity contribution >= 4 is 248 Å². The van der Waals surface area contributed by atoms with Crippen molar-refractivity contribution < 1.29 is 63.2 Å². The fraction of sp³-hybridized carbons (Fsp3) is 0. The van der Waals surface area contributed by atoms with Crippen LogP contribution in [0, 0.1) is 0 Å². The topological polar surface area (TPSA) is 351 Å². The van der Waals surface area contributed by atoms with Crippen molar-refractivity contribution in [2.75, 3.05) is 0 Å². The van der Waals surface area contributed by atoms with Gasteiger partial charge < -0.3 is 0 Å². The van der Waals surface area contributed by atoms with Crippen LogP contribution in [0.15, 0.2) is 86.2 Å². The van der Waals surface area contributed by atoms with Gasteiger partial charge in [-0.2, -0.15) is 0 Å². The van der Waals surface area contributed by atoms with Gasteiger partial charge in [0, 0.05) is 0 Å². The Morgan fingerprint density at radius 2 is 0.519 bits per heavy atom. The Morgan fingerprint density at radius 1 is 0.385 bits per heavy atom. The predicted octanol–water partition coefficient (Wildman–Crippen LogP) is -4.48. The number of halogens is 9. The first-order chi connectivity index (χ1) is 21.3. The normalized spacial score (nSPS) is 7.62. The van der Waals surface area contributed by atoms with Crippen LogP contribution >= 0.6 is 122 Å². The summed E-state index contributed by atoms with van der Waals surface area (Å²) in [5.41, 5.74) is 0. The molecule has 0 aliphatic rings. The van der Waals surface area contributed by atoms with E-state index in [1.165, 1.54) is 0 Å². The summed E-state index contributed by atoms with van der Waals surface area (Å²) in [6, 6.07) is 19.9. The number of benzene rings is 3. The molecule has 0 atom stereocenters. The van der Waals surface area contributed by atoms with Crippen LogP contribution < -0.4 is 42.0 Å². The maximum absolute atomic E-state index is 10.2. The Morgan fingerprint density at radius 3 is 0.615 bits per heavy atom. The third-order valence-electron chi connectivity index (χ3n) is 3.09. The van der Waals surface area contributed by atoms with Crippen LogP contribution in [0.25, 0.3) is 0 Å². The van der Waals surface area contributed by atoms with Crippen LogP contribution in [-0.2, 0) is 21.2 Å². The third-order valence-corrected chi connectivity index (χ3v) is 8.36. The van der Waals surface area contributed by atoms with Crippen molar-refractivity contribution in [1.29, 1.82) is 0 Å². The van der Waals surface area contributed by atoms with Crippen molar-refractivity contribution in [3.05, 3.63) is 86.2 Å². The Kier molecular flexibility index (Phi) is 74.4. The van der Waals surface area contributed by atoms with Crippen molar-refractivity contribution in [3.63, 3.8) is 0 Å². The summed E-state index contributed by atoms with van der Waals surface area (Å²) in [5.74, 6) is 3.77. The third kappa shape index (κ3) is 65.4. The minimum absolute atomic E-state index is 0. The second-order valence-corrected chi connectivity index (χ2v) is 18.8. The molecule has 0 spiro atoms. The molecule has 0 saturated carbocycles. The van der Waals surface area contributed by atoms with Crippen molar-refractivity contribution in [2.45, 2.75) is 0 Å². The monoisotopic (exact) mass is 1710 g/mol. The zero-order chi connectivity index (χ0) is 36.2. The van der Waals surface area contributed by atoms with Gasteiger partial charge in [-0.15, -0.1) is 74.4 Å². The molecular weight excluding hydrogens is 1700 g/mol. The molecule has 0 saturated heterocycles. The molecule has 0 bridgehead atoms. The molecule has 0 aliphatic carbocycles. The first-order valence-corrected chi connectivity index (χ1v) is 31.4. The zero-order valence-electron chi connectivity index (χ0n) is 24.3. The van der Waals surface area contributed by atoms with Gasteiger partial charge in [-0.1, -0.05) is 0 Å². The summed E-state index contributed by atoms with van der Waals surface area (Å²) in [4.78, 5) is 0. The Bertz CT molecular complexity index is 1240. The Labute approximate surface area is 408 Å². The van der Waals surface area contributed by atoms with Crippen LogP contribution in [-0.4, -0.2) is 126 Å². The van der Waals surface area contributed by atoms with Crippen LogP contribution in [0.3, 0.4) is 0 Å². The van der Waals surface area contributed by atoms with Gasteiger partial charge in [0.15, 0.2) is 0 Å². The van der Waals surface area contributed by atoms with E-state index in [4.69, 9.17) is 19.6 Å². The molecule has 34 heteroatoms. The Hall–Kier alpha value is 3.55. The van der Waals surface area contributed by atoms with E-state index in [9.17, 15) is 25.6 Å². The zero-order valence-corrected chi connectivity index (χ0v) is 49.2. The average molecular weight is 1720 g/mol. The Balaban J connectivity index is -0.0000000623. The molecule has 0 unspecified atom stereocenters. The summed E-state index contributed by atoms with van der Waals surface area (Å²) in [6.45, 7) is 0. The van der Waals surface area contributed by atoms with E-state index in [1.54, 1.807) is 72.8 Å². The van der Waals surface area contributed by atoms with Gasteiger partial charge in [-0.05, 0) is 0 Å². The van der Waals surface area contributed by atoms with Gasteiger partial charge in [0.25, 0.3) is 0 Å². The summed E-state index contributed by atoms with van der Waals surface area (Å²) in [5, 5.41) is 0. The number of hydrogen-bond donors (Lipinski definition) is 1. The fourth-order valence-corrected chi connectivity index (χ4v) is 5.05. The van der Waals surface area contributed by atoms with Gasteiger partial charge in [0.2, 0.25) is 0 Å². The second kappa shape index (κ2) is 50.7. The van der Waals surface area contributed by atoms with E-state index in [-0.39, 0.29) is 74.4 Å². The van der Waals surface area contributed by atoms with Crippen LogP contribution in [0.5, 0.6) is 17.2 Å². The quantitative estimate of drug-likeness (QED) is 0.172. The van der Waals surface area contributed by atoms with Crippen molar-refractivity contribution in [3.8, 4) is 17.2 Å². The predicted molar refractivity (Wildman–Crippen MR) is 190 cm³/mol. The van der Waals surface area contributed by atoms with E-state index in [1.807, 2.05) is 0 Å². The molecule has 0 aliphatic heterocycles. The summed E-state index contributed by atoms with van der Waals surface area (Å²) >= 11 is -13.8. The minimum atomic E-state index is -4.20. The first-order valence-electron chi connectivity index (χ1n) is 10.2. The summed E-state index contributed by atoms with van der Waals surface area (Å²) in [6.07, 6.45) is 0. The van der Waals surface area contributed by atoms with E-state index in [0.29, 0.717) is 17.2 Å². The molecule has 3 aromatic carbocycles. The molecule has 306 valence electrons. The van der Waals surface area contributed by atoms with E-state index >= 15 is 0 Å². The average Bonchev–Trinajstić information content (AvgIpc) is 2.92. The van der Waals surface area contributed by atoms with Crippen LogP contribution in [0.4, 0.5) is 0 Å². The molecule has 0 heterocycles. The van der Waals surface area contributed by atoms with Gasteiger partial charge in [0.1, 0.15) is 0 Å². The van der Waals surface area contributed by atoms with E-state index in [2.05, 4.69) is 65.8 Å². The molecule has 0 fully saturated rings. The SMILES string of the molecule is Cl.Cl.Cl.Cl.Cl.Cl.[NH3+][O][Sb](=[O])[O-].[O]=[Sb]([O-])[O-].[O]=[Sb]([O-])[O-].[O]=[Sb]([O-])[O]c1ccc(Br)cc1.[O]=[Sb]([O-])[O]c1ccc(Br)cc1.[O]=[Sb]([O-])[O]c1ccc(Br)cc1. The van der Waals surface area contributed by atoms with Crippen LogP contribution in [0.1, 0.15) is 0 Å². The molecule has 52 heavy (non-hydrogen) atoms. The molecule has 3 rings (SSSR count). The maximum atomic E-state index is 10.2. The van der Waals surface area contributed by atoms with Gasteiger partial charge >= 0.3 is 341 Å². The number of rotatable bonds is 7. The molecule has 19 nitrogen and oxygen atoms in total. The molecule has 6 radical (unpaired) electrons. The molecular formula is C18H21Br3Cl6NO18Sb6-7. The van der Waals surface area contributed by atoms with Crippen LogP contribution in [0.2, 0.25) is 0 Å². The van der Waals surface area contributed by atoms with Gasteiger partial charge in [-0.3, -0.25) is 0 Å². The van der Waals surface area contributed by atoms with E-state index < -0.39 is 126 Å².